The van der Waals surface area contributed by atoms with Crippen molar-refractivity contribution < 1.29 is 9.59 Å². The summed E-state index contributed by atoms with van der Waals surface area (Å²) < 4.78 is 0. The lowest BCUT2D eigenvalue weighted by atomic mass is 10.0. The molecule has 1 aromatic rings. The van der Waals surface area contributed by atoms with E-state index in [4.69, 9.17) is 5.73 Å². The summed E-state index contributed by atoms with van der Waals surface area (Å²) in [4.78, 5) is 25.7. The van der Waals surface area contributed by atoms with Gasteiger partial charge in [-0.25, -0.2) is 4.79 Å². The Bertz CT molecular complexity index is 683. The van der Waals surface area contributed by atoms with Gasteiger partial charge in [-0.3, -0.25) is 9.69 Å². The number of carbonyl (C=O) groups is 2. The van der Waals surface area contributed by atoms with Crippen molar-refractivity contribution in [3.8, 4) is 0 Å². The highest BCUT2D eigenvalue weighted by Crippen LogP contribution is 2.33. The number of allylic oxidation sites excluding steroid dienone is 5. The van der Waals surface area contributed by atoms with E-state index in [1.165, 1.54) is 4.90 Å². The Kier molecular flexibility index (Phi) is 2.99. The van der Waals surface area contributed by atoms with Crippen molar-refractivity contribution >= 4 is 17.5 Å². The summed E-state index contributed by atoms with van der Waals surface area (Å²) in [5.74, 6) is 0.0346. The number of fused-ring (bicyclic) bond motifs is 1. The first-order chi connectivity index (χ1) is 9.68. The van der Waals surface area contributed by atoms with Gasteiger partial charge < -0.3 is 5.73 Å². The smallest absolute Gasteiger partial charge is 0.323 e. The number of benzene rings is 1. The Morgan fingerprint density at radius 3 is 2.80 bits per heavy atom. The highest BCUT2D eigenvalue weighted by Gasteiger charge is 2.28. The third-order valence-electron chi connectivity index (χ3n) is 3.51. The lowest BCUT2D eigenvalue weighted by Gasteiger charge is -2.23. The lowest BCUT2D eigenvalue weighted by Crippen LogP contribution is -2.35. The molecule has 3 rings (SSSR count). The first-order valence-electron chi connectivity index (χ1n) is 6.45. The number of para-hydroxylation sites is 1. The molecule has 2 N–H and O–H groups in total. The summed E-state index contributed by atoms with van der Waals surface area (Å²) in [7, 11) is 0. The maximum atomic E-state index is 12.4. The first-order valence-corrected chi connectivity index (χ1v) is 6.45. The van der Waals surface area contributed by atoms with Crippen LogP contribution in [0.15, 0.2) is 59.8 Å². The van der Waals surface area contributed by atoms with Gasteiger partial charge >= 0.3 is 6.03 Å². The molecule has 1 heterocycles. The van der Waals surface area contributed by atoms with Gasteiger partial charge in [-0.15, -0.1) is 0 Å². The Morgan fingerprint density at radius 1 is 1.20 bits per heavy atom. The van der Waals surface area contributed by atoms with E-state index in [0.717, 1.165) is 5.56 Å². The van der Waals surface area contributed by atoms with Crippen LogP contribution in [0, 0.1) is 0 Å². The minimum atomic E-state index is -0.578. The fourth-order valence-electron chi connectivity index (χ4n) is 2.61. The maximum absolute atomic E-state index is 12.4. The molecule has 1 aromatic carbocycles. The van der Waals surface area contributed by atoms with Crippen molar-refractivity contribution in [1.29, 1.82) is 0 Å². The molecule has 20 heavy (non-hydrogen) atoms. The van der Waals surface area contributed by atoms with E-state index in [1.54, 1.807) is 6.08 Å². The zero-order valence-corrected chi connectivity index (χ0v) is 10.9. The molecule has 0 atom stereocenters. The second-order valence-corrected chi connectivity index (χ2v) is 4.76. The van der Waals surface area contributed by atoms with Crippen molar-refractivity contribution in [3.63, 3.8) is 0 Å². The summed E-state index contributed by atoms with van der Waals surface area (Å²) >= 11 is 0. The van der Waals surface area contributed by atoms with Gasteiger partial charge in [0, 0.05) is 12.0 Å². The molecule has 2 amide bonds. The molecule has 4 heteroatoms. The van der Waals surface area contributed by atoms with E-state index in [1.807, 2.05) is 42.5 Å². The molecule has 2 aliphatic rings. The van der Waals surface area contributed by atoms with E-state index in [0.29, 0.717) is 29.8 Å². The molecular weight excluding hydrogens is 252 g/mol. The van der Waals surface area contributed by atoms with Crippen LogP contribution in [0.1, 0.15) is 12.0 Å². The minimum absolute atomic E-state index is 0.0346. The Hall–Kier alpha value is -2.62. The summed E-state index contributed by atoms with van der Waals surface area (Å²) in [6.45, 7) is 0. The molecule has 0 unspecified atom stereocenters. The van der Waals surface area contributed by atoms with Gasteiger partial charge in [-0.05, 0) is 24.1 Å². The number of hydrogen-bond donors (Lipinski definition) is 1. The highest BCUT2D eigenvalue weighted by atomic mass is 16.2. The van der Waals surface area contributed by atoms with Gasteiger partial charge in [0.1, 0.15) is 0 Å². The number of rotatable bonds is 0. The van der Waals surface area contributed by atoms with Gasteiger partial charge in [0.15, 0.2) is 5.78 Å². The van der Waals surface area contributed by atoms with E-state index in [9.17, 15) is 9.59 Å². The quantitative estimate of drug-likeness (QED) is 0.784. The molecule has 1 aliphatic heterocycles. The van der Waals surface area contributed by atoms with Gasteiger partial charge in [0.2, 0.25) is 0 Å². The van der Waals surface area contributed by atoms with Gasteiger partial charge in [-0.2, -0.15) is 0 Å². The SMILES string of the molecule is NC(=O)N1C2=C(CC=CC=C2)C(=O)Cc2ccccc21. The van der Waals surface area contributed by atoms with Crippen LogP contribution in [0.3, 0.4) is 0 Å². The molecule has 0 bridgehead atoms. The fraction of sp³-hybridized carbons (Fsp3) is 0.125. The summed E-state index contributed by atoms with van der Waals surface area (Å²) in [5.41, 5.74) is 8.26. The van der Waals surface area contributed by atoms with Crippen molar-refractivity contribution in [2.75, 3.05) is 4.90 Å². The number of anilines is 1. The van der Waals surface area contributed by atoms with Crippen LogP contribution < -0.4 is 10.6 Å². The molecule has 1 aliphatic carbocycles. The molecule has 0 saturated heterocycles. The van der Waals surface area contributed by atoms with Crippen LogP contribution in [0.4, 0.5) is 10.5 Å². The van der Waals surface area contributed by atoms with E-state index in [-0.39, 0.29) is 5.78 Å². The average molecular weight is 266 g/mol. The molecule has 100 valence electrons. The number of nitrogens with zero attached hydrogens (tertiary/aromatic N) is 1. The van der Waals surface area contributed by atoms with Crippen LogP contribution in [-0.4, -0.2) is 11.8 Å². The van der Waals surface area contributed by atoms with Crippen LogP contribution in [0.5, 0.6) is 0 Å². The lowest BCUT2D eigenvalue weighted by molar-refractivity contribution is -0.115. The number of hydrogen-bond acceptors (Lipinski definition) is 2. The predicted octanol–water partition coefficient (Wildman–Crippen LogP) is 2.47. The maximum Gasteiger partial charge on any atom is 0.323 e. The fourth-order valence-corrected chi connectivity index (χ4v) is 2.61. The zero-order valence-electron chi connectivity index (χ0n) is 10.9. The molecule has 0 spiro atoms. The van der Waals surface area contributed by atoms with Gasteiger partial charge in [-0.1, -0.05) is 36.4 Å². The summed E-state index contributed by atoms with van der Waals surface area (Å²) in [5, 5.41) is 0. The van der Waals surface area contributed by atoms with E-state index < -0.39 is 6.03 Å². The Morgan fingerprint density at radius 2 is 2.00 bits per heavy atom. The highest BCUT2D eigenvalue weighted by molar-refractivity contribution is 6.06. The molecule has 0 saturated carbocycles. The zero-order chi connectivity index (χ0) is 14.1. The van der Waals surface area contributed by atoms with Crippen LogP contribution in [0.2, 0.25) is 0 Å². The predicted molar refractivity (Wildman–Crippen MR) is 77.1 cm³/mol. The largest absolute Gasteiger partial charge is 0.351 e. The van der Waals surface area contributed by atoms with Crippen molar-refractivity contribution in [2.45, 2.75) is 12.8 Å². The number of urea groups is 1. The molecule has 0 fully saturated rings. The number of nitrogens with two attached hydrogens (primary N) is 1. The average Bonchev–Trinajstić information content (AvgIpc) is 2.71. The third-order valence-corrected chi connectivity index (χ3v) is 3.51. The molecule has 0 aromatic heterocycles. The number of carbonyl (C=O) groups excluding carboxylic acids is 2. The monoisotopic (exact) mass is 266 g/mol. The van der Waals surface area contributed by atoms with Crippen molar-refractivity contribution in [3.05, 3.63) is 65.4 Å². The van der Waals surface area contributed by atoms with Crippen LogP contribution >= 0.6 is 0 Å². The van der Waals surface area contributed by atoms with E-state index in [2.05, 4.69) is 0 Å². The van der Waals surface area contributed by atoms with Crippen molar-refractivity contribution in [1.82, 2.24) is 0 Å². The third kappa shape index (κ3) is 1.95. The Labute approximate surface area is 116 Å². The molecule has 4 nitrogen and oxygen atoms in total. The summed E-state index contributed by atoms with van der Waals surface area (Å²) in [6, 6.07) is 6.79. The van der Waals surface area contributed by atoms with Gasteiger partial charge in [0.25, 0.3) is 0 Å². The van der Waals surface area contributed by atoms with Crippen LogP contribution in [0.25, 0.3) is 0 Å². The first kappa shape index (κ1) is 12.4. The number of primary amides is 1. The number of Topliss-reactive ketones (excluding diaryl/α,β-unsaturated/α-hetero) is 1. The van der Waals surface area contributed by atoms with E-state index >= 15 is 0 Å². The second kappa shape index (κ2) is 4.81. The molecular formula is C16H14N2O2. The second-order valence-electron chi connectivity index (χ2n) is 4.76. The number of ketones is 1. The van der Waals surface area contributed by atoms with Crippen LogP contribution in [-0.2, 0) is 11.2 Å². The standard InChI is InChI=1S/C16H14N2O2/c17-16(20)18-13-8-5-4-6-11(13)10-15(19)12-7-2-1-3-9-14(12)18/h1-6,8-9H,7,10H2,(H2,17,20). The Balaban J connectivity index is 2.26. The number of amides is 2. The van der Waals surface area contributed by atoms with Gasteiger partial charge in [0.05, 0.1) is 11.4 Å². The topological polar surface area (TPSA) is 63.4 Å². The molecule has 0 radical (unpaired) electrons. The summed E-state index contributed by atoms with van der Waals surface area (Å²) in [6.07, 6.45) is 8.17. The minimum Gasteiger partial charge on any atom is -0.351 e. The van der Waals surface area contributed by atoms with Crippen molar-refractivity contribution in [2.24, 2.45) is 5.73 Å². The normalized spacial score (nSPS) is 17.4.